The summed E-state index contributed by atoms with van der Waals surface area (Å²) in [5.74, 6) is 0. The molecule has 0 spiro atoms. The number of hydrogen-bond acceptors (Lipinski definition) is 2. The average Bonchev–Trinajstić information content (AvgIpc) is 1.57. The van der Waals surface area contributed by atoms with Crippen molar-refractivity contribution in [2.45, 2.75) is 25.2 Å². The average molecular weight is 548 g/mol. The van der Waals surface area contributed by atoms with Crippen LogP contribution >= 0.6 is 45.2 Å². The van der Waals surface area contributed by atoms with Crippen molar-refractivity contribution in [3.63, 3.8) is 0 Å². The molecule has 0 radical (unpaired) electrons. The fourth-order valence-corrected chi connectivity index (χ4v) is 1.23. The number of halogens is 2. The minimum absolute atomic E-state index is 0.110. The Kier molecular flexibility index (Phi) is 5.24. The molecule has 1 atom stereocenters. The fraction of sp³-hybridized carbons (Fsp3) is 1.00. The molecule has 0 aromatic rings. The van der Waals surface area contributed by atoms with E-state index in [9.17, 15) is 0 Å². The normalized spacial score (nSPS) is 18.7. The molecule has 0 aromatic carbocycles. The van der Waals surface area contributed by atoms with Crippen molar-refractivity contribution >= 4 is 45.2 Å². The van der Waals surface area contributed by atoms with Gasteiger partial charge in [-0.3, -0.25) is 0 Å². The minimum atomic E-state index is -0.137. The van der Waals surface area contributed by atoms with Crippen molar-refractivity contribution in [3.05, 3.63) is 0 Å². The molecule has 65 valence electrons. The Balaban J connectivity index is 3.56. The maximum absolute atomic E-state index is 5.77. The zero-order valence-corrected chi connectivity index (χ0v) is 12.2. The Labute approximate surface area is 100 Å². The molecule has 0 aromatic heterocycles. The van der Waals surface area contributed by atoms with E-state index < -0.39 is 0 Å². The van der Waals surface area contributed by atoms with Gasteiger partial charge in [0.25, 0.3) is 0 Å². The third-order valence-electron chi connectivity index (χ3n) is 0.932. The van der Waals surface area contributed by atoms with Gasteiger partial charge in [-0.2, -0.15) is 0 Å². The second-order valence-corrected chi connectivity index (χ2v) is 11.0. The van der Waals surface area contributed by atoms with Crippen LogP contribution < -0.4 is 11.5 Å². The standard InChI is InChI=1S/C5H11I2N2.Pt/c1-4(8)2-3-5(6,7)9;/h2-3,8-9H2,1H3;. The first-order valence-electron chi connectivity index (χ1n) is 2.82. The first kappa shape index (κ1) is 12.1. The number of rotatable bonds is 3. The molecule has 0 fully saturated rings. The fourth-order valence-electron chi connectivity index (χ4n) is 0.403. The Morgan fingerprint density at radius 2 is 1.70 bits per heavy atom. The van der Waals surface area contributed by atoms with Crippen molar-refractivity contribution in [1.29, 1.82) is 0 Å². The second kappa shape index (κ2) is 4.35. The van der Waals surface area contributed by atoms with E-state index in [-0.39, 0.29) is 5.48 Å². The van der Waals surface area contributed by atoms with Gasteiger partial charge in [0, 0.05) is 0 Å². The van der Waals surface area contributed by atoms with E-state index in [1.807, 2.05) is 6.92 Å². The van der Waals surface area contributed by atoms with Crippen LogP contribution in [0.1, 0.15) is 19.8 Å². The third-order valence-corrected chi connectivity index (χ3v) is 2.58. The van der Waals surface area contributed by atoms with E-state index in [0.717, 1.165) is 12.8 Å². The van der Waals surface area contributed by atoms with Crippen LogP contribution in [0.3, 0.4) is 0 Å². The summed E-state index contributed by atoms with van der Waals surface area (Å²) in [5.41, 5.74) is 11.5. The van der Waals surface area contributed by atoms with Crippen LogP contribution in [-0.4, -0.2) is 5.48 Å². The van der Waals surface area contributed by atoms with E-state index in [1.54, 1.807) is 0 Å². The van der Waals surface area contributed by atoms with E-state index >= 15 is 0 Å². The summed E-state index contributed by atoms with van der Waals surface area (Å²) >= 11 is 6.66. The first-order chi connectivity index (χ1) is 4.21. The molecule has 2 nitrogen and oxygen atoms in total. The van der Waals surface area contributed by atoms with E-state index in [2.05, 4.69) is 65.0 Å². The summed E-state index contributed by atoms with van der Waals surface area (Å²) < 4.78 is -0.247. The zero-order valence-electron chi connectivity index (χ0n) is 5.64. The van der Waals surface area contributed by atoms with Crippen molar-refractivity contribution in [3.8, 4) is 0 Å². The van der Waals surface area contributed by atoms with Gasteiger partial charge in [0.2, 0.25) is 0 Å². The second-order valence-electron chi connectivity index (χ2n) is 2.47. The molecule has 0 bridgehead atoms. The molecule has 0 heterocycles. The molecule has 0 amide bonds. The summed E-state index contributed by atoms with van der Waals surface area (Å²) in [6, 6.07) is 0. The van der Waals surface area contributed by atoms with Gasteiger partial charge in [0.1, 0.15) is 0 Å². The third kappa shape index (κ3) is 10.1. The van der Waals surface area contributed by atoms with E-state index in [4.69, 9.17) is 11.5 Å². The van der Waals surface area contributed by atoms with E-state index in [1.165, 1.54) is 0 Å². The molecule has 0 aliphatic heterocycles. The van der Waals surface area contributed by atoms with Crippen LogP contribution in [0.25, 0.3) is 0 Å². The summed E-state index contributed by atoms with van der Waals surface area (Å²) in [5, 5.41) is 0. The molecule has 5 heteroatoms. The zero-order chi connectivity index (χ0) is 8.41. The molecule has 1 unspecified atom stereocenters. The number of alkyl halides is 2. The van der Waals surface area contributed by atoms with Crippen LogP contribution in [0.15, 0.2) is 0 Å². The van der Waals surface area contributed by atoms with Crippen molar-refractivity contribution in [2.75, 3.05) is 0 Å². The van der Waals surface area contributed by atoms with Gasteiger partial charge in [-0.1, -0.05) is 0 Å². The topological polar surface area (TPSA) is 52.0 Å². The predicted octanol–water partition coefficient (Wildman–Crippen LogP) is 1.47. The van der Waals surface area contributed by atoms with Crippen LogP contribution in [0.2, 0.25) is 0 Å². The number of nitrogens with two attached hydrogens (primary N) is 2. The van der Waals surface area contributed by atoms with Gasteiger partial charge in [0.05, 0.1) is 0 Å². The molecule has 0 saturated carbocycles. The molecule has 10 heavy (non-hydrogen) atoms. The summed E-state index contributed by atoms with van der Waals surface area (Å²) in [4.78, 5) is 0. The molecular formula is C5H11I2N2Pt. The summed E-state index contributed by atoms with van der Waals surface area (Å²) in [6.07, 6.45) is 1.90. The molecule has 0 aliphatic rings. The Hall–Kier alpha value is 2.07. The van der Waals surface area contributed by atoms with Gasteiger partial charge in [-0.05, 0) is 0 Å². The van der Waals surface area contributed by atoms with Gasteiger partial charge in [-0.15, -0.1) is 0 Å². The summed E-state index contributed by atoms with van der Waals surface area (Å²) in [6.45, 7) is 2.01. The van der Waals surface area contributed by atoms with Gasteiger partial charge in [0.15, 0.2) is 0 Å². The molecule has 0 aliphatic carbocycles. The Morgan fingerprint density at radius 1 is 1.30 bits per heavy atom. The van der Waals surface area contributed by atoms with Crippen LogP contribution in [-0.2, 0) is 19.8 Å². The molecule has 0 saturated heterocycles. The molecule has 4 N–H and O–H groups in total. The van der Waals surface area contributed by atoms with Gasteiger partial charge >= 0.3 is 102 Å². The van der Waals surface area contributed by atoms with Gasteiger partial charge < -0.3 is 0 Å². The first-order valence-corrected chi connectivity index (χ1v) is 6.11. The van der Waals surface area contributed by atoms with E-state index in [0.29, 0.717) is 0 Å². The predicted molar refractivity (Wildman–Crippen MR) is 56.8 cm³/mol. The van der Waals surface area contributed by atoms with Crippen molar-refractivity contribution in [1.82, 2.24) is 0 Å². The Bertz CT molecular complexity index is 91.2. The van der Waals surface area contributed by atoms with Crippen molar-refractivity contribution in [2.24, 2.45) is 11.5 Å². The van der Waals surface area contributed by atoms with Crippen LogP contribution in [0.5, 0.6) is 0 Å². The van der Waals surface area contributed by atoms with Crippen LogP contribution in [0.4, 0.5) is 0 Å². The number of hydrogen-bond donors (Lipinski definition) is 2. The SMILES string of the molecule is C[C](N)([Pt])CCC(N)(I)I. The van der Waals surface area contributed by atoms with Gasteiger partial charge in [-0.25, -0.2) is 0 Å². The quantitative estimate of drug-likeness (QED) is 0.319. The maximum atomic E-state index is 5.77. The van der Waals surface area contributed by atoms with Crippen molar-refractivity contribution < 1.29 is 19.8 Å². The van der Waals surface area contributed by atoms with Crippen LogP contribution in [0, 0.1) is 0 Å². The summed E-state index contributed by atoms with van der Waals surface area (Å²) in [7, 11) is 0. The molecular weight excluding hydrogens is 537 g/mol. The molecule has 0 rings (SSSR count). The Morgan fingerprint density at radius 3 is 1.80 bits per heavy atom. The monoisotopic (exact) mass is 548 g/mol.